The first-order valence-corrected chi connectivity index (χ1v) is 8.44. The van der Waals surface area contributed by atoms with E-state index in [2.05, 4.69) is 20.4 Å². The predicted molar refractivity (Wildman–Crippen MR) is 56.7 cm³/mol. The number of rotatable bonds is 5. The Hall–Kier alpha value is 0.537. The quantitative estimate of drug-likeness (QED) is 0.364. The Bertz CT molecular complexity index is 123. The number of hydrogen-bond acceptors (Lipinski definition) is 0. The van der Waals surface area contributed by atoms with E-state index in [1.165, 1.54) is 0 Å². The number of allylic oxidation sites excluding steroid dienone is 1. The summed E-state index contributed by atoms with van der Waals surface area (Å²) in [6, 6.07) is 1.79. The smallest absolute Gasteiger partial charge is 0.146 e. The molecule has 0 aromatic heterocycles. The van der Waals surface area contributed by atoms with Crippen molar-refractivity contribution < 1.29 is 0 Å². The van der Waals surface area contributed by atoms with Crippen LogP contribution in [0.25, 0.3) is 0 Å². The van der Waals surface area contributed by atoms with Crippen molar-refractivity contribution in [2.24, 2.45) is 5.92 Å². The van der Waals surface area contributed by atoms with Gasteiger partial charge in [-0.2, -0.15) is 0 Å². The molecule has 0 amide bonds. The molecule has 1 unspecified atom stereocenters. The summed E-state index contributed by atoms with van der Waals surface area (Å²) in [4.78, 5) is 0. The van der Waals surface area contributed by atoms with Gasteiger partial charge in [-0.3, -0.25) is 0 Å². The molecule has 0 aliphatic rings. The molecule has 0 N–H and O–H groups in total. The van der Waals surface area contributed by atoms with Crippen LogP contribution in [-0.4, -0.2) is 6.69 Å². The first-order valence-electron chi connectivity index (χ1n) is 4.00. The van der Waals surface area contributed by atoms with Gasteiger partial charge in [-0.05, 0) is 18.0 Å². The molecule has 0 nitrogen and oxygen atoms in total. The normalized spacial score (nSPS) is 14.5. The van der Waals surface area contributed by atoms with Crippen molar-refractivity contribution in [3.05, 3.63) is 12.7 Å². The molecule has 0 bridgehead atoms. The van der Waals surface area contributed by atoms with Crippen LogP contribution in [0, 0.1) is 5.92 Å². The molecule has 0 aliphatic heterocycles. The molecule has 0 aromatic carbocycles. The Morgan fingerprint density at radius 2 is 2.09 bits per heavy atom. The Morgan fingerprint density at radius 1 is 1.55 bits per heavy atom. The van der Waals surface area contributed by atoms with E-state index in [9.17, 15) is 0 Å². The van der Waals surface area contributed by atoms with Gasteiger partial charge in [0.05, 0.1) is 0 Å². The molecule has 66 valence electrons. The second-order valence-electron chi connectivity index (χ2n) is 3.07. The highest BCUT2D eigenvalue weighted by atomic mass is 35.7. The summed E-state index contributed by atoms with van der Waals surface area (Å²) in [6.45, 7) is 6.04. The van der Waals surface area contributed by atoms with Crippen LogP contribution in [-0.2, 0) is 0 Å². The first kappa shape index (κ1) is 11.5. The highest BCUT2D eigenvalue weighted by molar-refractivity contribution is 7.45. The third kappa shape index (κ3) is 5.77. The largest absolute Gasteiger partial charge is 0.255 e. The molecular formula is C8H16Cl2Si. The van der Waals surface area contributed by atoms with E-state index >= 15 is 0 Å². The summed E-state index contributed by atoms with van der Waals surface area (Å²) in [5, 5.41) is 0. The van der Waals surface area contributed by atoms with Crippen LogP contribution < -0.4 is 0 Å². The minimum Gasteiger partial charge on any atom is -0.146 e. The fourth-order valence-electron chi connectivity index (χ4n) is 0.949. The summed E-state index contributed by atoms with van der Waals surface area (Å²) in [5.74, 6) is 0.650. The van der Waals surface area contributed by atoms with Crippen LogP contribution in [0.15, 0.2) is 12.7 Å². The van der Waals surface area contributed by atoms with E-state index < -0.39 is 6.69 Å². The molecule has 3 heteroatoms. The number of halogens is 2. The maximum absolute atomic E-state index is 6.14. The van der Waals surface area contributed by atoms with Crippen molar-refractivity contribution in [2.45, 2.75) is 32.4 Å². The average Bonchev–Trinajstić information content (AvgIpc) is 1.86. The maximum atomic E-state index is 6.14. The van der Waals surface area contributed by atoms with Crippen molar-refractivity contribution in [3.8, 4) is 0 Å². The fourth-order valence-corrected chi connectivity index (χ4v) is 5.08. The van der Waals surface area contributed by atoms with E-state index in [4.69, 9.17) is 22.2 Å². The Morgan fingerprint density at radius 3 is 2.45 bits per heavy atom. The van der Waals surface area contributed by atoms with E-state index in [-0.39, 0.29) is 0 Å². The van der Waals surface area contributed by atoms with Gasteiger partial charge in [-0.1, -0.05) is 26.3 Å². The second kappa shape index (κ2) is 5.23. The first-order chi connectivity index (χ1) is 5.02. The molecule has 0 saturated carbocycles. The van der Waals surface area contributed by atoms with Crippen molar-refractivity contribution in [1.82, 2.24) is 0 Å². The Labute approximate surface area is 80.0 Å². The van der Waals surface area contributed by atoms with Crippen molar-refractivity contribution in [3.63, 3.8) is 0 Å². The fraction of sp³-hybridized carbons (Fsp3) is 0.750. The highest BCUT2D eigenvalue weighted by Crippen LogP contribution is 2.30. The third-order valence-electron chi connectivity index (χ3n) is 1.79. The lowest BCUT2D eigenvalue weighted by Gasteiger charge is -2.18. The summed E-state index contributed by atoms with van der Waals surface area (Å²) in [7, 11) is 0. The van der Waals surface area contributed by atoms with Gasteiger partial charge in [-0.25, -0.2) is 0 Å². The Balaban J connectivity index is 3.79. The zero-order valence-electron chi connectivity index (χ0n) is 7.24. The van der Waals surface area contributed by atoms with Crippen LogP contribution in [0.2, 0.25) is 12.1 Å². The van der Waals surface area contributed by atoms with Crippen molar-refractivity contribution in [1.29, 1.82) is 0 Å². The van der Waals surface area contributed by atoms with Crippen LogP contribution in [0.5, 0.6) is 0 Å². The van der Waals surface area contributed by atoms with E-state index in [0.717, 1.165) is 18.5 Å². The highest BCUT2D eigenvalue weighted by Gasteiger charge is 2.28. The molecule has 0 heterocycles. The van der Waals surface area contributed by atoms with E-state index in [1.807, 2.05) is 6.08 Å². The van der Waals surface area contributed by atoms with Gasteiger partial charge in [0.2, 0.25) is 0 Å². The van der Waals surface area contributed by atoms with Gasteiger partial charge in [0, 0.05) is 0 Å². The van der Waals surface area contributed by atoms with Gasteiger partial charge >= 0.3 is 0 Å². The zero-order chi connectivity index (χ0) is 8.91. The molecule has 0 saturated heterocycles. The molecule has 1 atom stereocenters. The SMILES string of the molecule is C=CC[Si](Cl)(Cl)CC(C)CC. The molecule has 11 heavy (non-hydrogen) atoms. The van der Waals surface area contributed by atoms with Gasteiger partial charge in [0.15, 0.2) is 0 Å². The van der Waals surface area contributed by atoms with Gasteiger partial charge in [0.25, 0.3) is 6.69 Å². The van der Waals surface area contributed by atoms with E-state index in [1.54, 1.807) is 0 Å². The standard InChI is InChI=1S/C8H16Cl2Si/c1-4-6-11(9,10)7-8(3)5-2/h4,8H,1,5-7H2,2-3H3. The van der Waals surface area contributed by atoms with Crippen LogP contribution in [0.3, 0.4) is 0 Å². The summed E-state index contributed by atoms with van der Waals surface area (Å²) in [6.07, 6.45) is 2.99. The lowest BCUT2D eigenvalue weighted by Crippen LogP contribution is -2.20. The average molecular weight is 211 g/mol. The lowest BCUT2D eigenvalue weighted by atomic mass is 10.2. The molecule has 0 fully saturated rings. The predicted octanol–water partition coefficient (Wildman–Crippen LogP) is 4.14. The van der Waals surface area contributed by atoms with Crippen LogP contribution in [0.4, 0.5) is 0 Å². The molecule has 0 aromatic rings. The monoisotopic (exact) mass is 210 g/mol. The molecule has 0 aliphatic carbocycles. The van der Waals surface area contributed by atoms with Gasteiger partial charge < -0.3 is 0 Å². The molecule has 0 spiro atoms. The van der Waals surface area contributed by atoms with Crippen molar-refractivity contribution >= 4 is 28.9 Å². The minimum atomic E-state index is -1.96. The molecule has 0 radical (unpaired) electrons. The topological polar surface area (TPSA) is 0 Å². The third-order valence-corrected chi connectivity index (χ3v) is 5.82. The van der Waals surface area contributed by atoms with E-state index in [0.29, 0.717) is 5.92 Å². The Kier molecular flexibility index (Phi) is 5.49. The van der Waals surface area contributed by atoms with Gasteiger partial charge in [-0.15, -0.1) is 28.7 Å². The zero-order valence-corrected chi connectivity index (χ0v) is 9.75. The molecule has 0 rings (SSSR count). The van der Waals surface area contributed by atoms with Crippen LogP contribution in [0.1, 0.15) is 20.3 Å². The summed E-state index contributed by atoms with van der Waals surface area (Å²) >= 11 is 12.3. The van der Waals surface area contributed by atoms with Gasteiger partial charge in [0.1, 0.15) is 0 Å². The van der Waals surface area contributed by atoms with Crippen molar-refractivity contribution in [2.75, 3.05) is 0 Å². The summed E-state index contributed by atoms with van der Waals surface area (Å²) < 4.78 is 0. The maximum Gasteiger partial charge on any atom is 0.255 e. The number of hydrogen-bond donors (Lipinski definition) is 0. The van der Waals surface area contributed by atoms with Crippen LogP contribution >= 0.6 is 22.2 Å². The minimum absolute atomic E-state index is 0.650. The second-order valence-corrected chi connectivity index (χ2v) is 10.5. The summed E-state index contributed by atoms with van der Waals surface area (Å²) in [5.41, 5.74) is 0. The lowest BCUT2D eigenvalue weighted by molar-refractivity contribution is 0.620. The molecular weight excluding hydrogens is 195 g/mol.